The molecular formula is C11H8ClN3O2S2. The van der Waals surface area contributed by atoms with Crippen LogP contribution in [0.15, 0.2) is 28.6 Å². The molecular weight excluding hydrogens is 306 g/mol. The van der Waals surface area contributed by atoms with Crippen LogP contribution < -0.4 is 4.72 Å². The van der Waals surface area contributed by atoms with Gasteiger partial charge < -0.3 is 0 Å². The molecule has 0 aliphatic heterocycles. The van der Waals surface area contributed by atoms with E-state index in [0.717, 1.165) is 11.3 Å². The predicted octanol–water partition coefficient (Wildman–Crippen LogP) is 2.78. The van der Waals surface area contributed by atoms with E-state index in [0.29, 0.717) is 21.3 Å². The second-order valence-electron chi connectivity index (χ2n) is 3.67. The average Bonchev–Trinajstić information content (AvgIpc) is 2.83. The first-order valence-corrected chi connectivity index (χ1v) is 7.75. The molecule has 0 aromatic carbocycles. The molecule has 2 aromatic rings. The summed E-state index contributed by atoms with van der Waals surface area (Å²) in [5, 5.41) is 9.02. The fourth-order valence-electron chi connectivity index (χ4n) is 1.34. The van der Waals surface area contributed by atoms with Crippen LogP contribution in [-0.2, 0) is 10.0 Å². The van der Waals surface area contributed by atoms with Gasteiger partial charge in [-0.05, 0) is 30.7 Å². The Morgan fingerprint density at radius 3 is 2.79 bits per heavy atom. The van der Waals surface area contributed by atoms with Gasteiger partial charge in [0.2, 0.25) is 0 Å². The first-order chi connectivity index (χ1) is 8.92. The van der Waals surface area contributed by atoms with Crippen molar-refractivity contribution in [2.75, 3.05) is 4.72 Å². The Kier molecular flexibility index (Phi) is 3.75. The minimum atomic E-state index is -3.70. The zero-order valence-electron chi connectivity index (χ0n) is 9.71. The molecule has 98 valence electrons. The van der Waals surface area contributed by atoms with Crippen LogP contribution in [-0.4, -0.2) is 13.4 Å². The third-order valence-electron chi connectivity index (χ3n) is 2.22. The van der Waals surface area contributed by atoms with Crippen LogP contribution in [0, 0.1) is 18.3 Å². The molecule has 0 radical (unpaired) electrons. The van der Waals surface area contributed by atoms with Crippen LogP contribution in [0.25, 0.3) is 0 Å². The molecule has 2 aromatic heterocycles. The maximum absolute atomic E-state index is 12.1. The Hall–Kier alpha value is -1.62. The van der Waals surface area contributed by atoms with E-state index in [1.165, 1.54) is 18.3 Å². The third kappa shape index (κ3) is 3.04. The third-order valence-corrected chi connectivity index (χ3v) is 5.48. The Balaban J connectivity index is 2.31. The van der Waals surface area contributed by atoms with Crippen molar-refractivity contribution in [1.29, 1.82) is 5.26 Å². The van der Waals surface area contributed by atoms with Gasteiger partial charge in [-0.25, -0.2) is 13.4 Å². The Bertz CT molecular complexity index is 762. The SMILES string of the molecule is Cc1cc(NS(=O)(=O)c2ccc(C#N)s2)cnc1Cl. The second kappa shape index (κ2) is 5.17. The standard InChI is InChI=1S/C11H8ClN3O2S2/c1-7-4-8(6-14-11(7)12)15-19(16,17)10-3-2-9(5-13)18-10/h2-4,6,15H,1H3. The van der Waals surface area contributed by atoms with Crippen molar-refractivity contribution >= 4 is 38.6 Å². The Morgan fingerprint density at radius 1 is 1.47 bits per heavy atom. The molecule has 19 heavy (non-hydrogen) atoms. The van der Waals surface area contributed by atoms with Crippen LogP contribution in [0.2, 0.25) is 5.15 Å². The quantitative estimate of drug-likeness (QED) is 0.883. The molecule has 0 amide bonds. The number of rotatable bonds is 3. The molecule has 1 N–H and O–H groups in total. The van der Waals surface area contributed by atoms with Crippen molar-refractivity contribution in [2.45, 2.75) is 11.1 Å². The lowest BCUT2D eigenvalue weighted by molar-refractivity contribution is 0.603. The van der Waals surface area contributed by atoms with Gasteiger partial charge in [0, 0.05) is 0 Å². The summed E-state index contributed by atoms with van der Waals surface area (Å²) < 4.78 is 26.6. The highest BCUT2D eigenvalue weighted by molar-refractivity contribution is 7.94. The maximum atomic E-state index is 12.1. The number of hydrogen-bond acceptors (Lipinski definition) is 5. The van der Waals surface area contributed by atoms with Crippen molar-refractivity contribution < 1.29 is 8.42 Å². The van der Waals surface area contributed by atoms with E-state index in [9.17, 15) is 8.42 Å². The van der Waals surface area contributed by atoms with E-state index in [-0.39, 0.29) is 4.21 Å². The fraction of sp³-hybridized carbons (Fsp3) is 0.0909. The fourth-order valence-corrected chi connectivity index (χ4v) is 3.58. The summed E-state index contributed by atoms with van der Waals surface area (Å²) in [6.07, 6.45) is 1.34. The molecule has 0 spiro atoms. The largest absolute Gasteiger partial charge is 0.277 e. The van der Waals surface area contributed by atoms with Crippen molar-refractivity contribution in [3.8, 4) is 6.07 Å². The minimum absolute atomic E-state index is 0.0802. The lowest BCUT2D eigenvalue weighted by Gasteiger charge is -2.06. The highest BCUT2D eigenvalue weighted by Gasteiger charge is 2.17. The highest BCUT2D eigenvalue weighted by Crippen LogP contribution is 2.24. The van der Waals surface area contributed by atoms with Gasteiger partial charge in [0.15, 0.2) is 0 Å². The van der Waals surface area contributed by atoms with Gasteiger partial charge in [-0.3, -0.25) is 4.72 Å². The summed E-state index contributed by atoms with van der Waals surface area (Å²) in [7, 11) is -3.70. The molecule has 0 bridgehead atoms. The summed E-state index contributed by atoms with van der Waals surface area (Å²) in [6, 6.07) is 6.34. The lowest BCUT2D eigenvalue weighted by Crippen LogP contribution is -2.11. The second-order valence-corrected chi connectivity index (χ2v) is 7.02. The van der Waals surface area contributed by atoms with Gasteiger partial charge in [-0.15, -0.1) is 11.3 Å². The average molecular weight is 314 g/mol. The topological polar surface area (TPSA) is 82.9 Å². The number of anilines is 1. The van der Waals surface area contributed by atoms with Gasteiger partial charge in [0.1, 0.15) is 20.3 Å². The number of nitriles is 1. The monoisotopic (exact) mass is 313 g/mol. The van der Waals surface area contributed by atoms with Crippen molar-refractivity contribution in [3.05, 3.63) is 40.0 Å². The number of nitrogens with one attached hydrogen (secondary N) is 1. The summed E-state index contributed by atoms with van der Waals surface area (Å²) >= 11 is 6.68. The number of sulfonamides is 1. The molecule has 0 atom stereocenters. The molecule has 2 heterocycles. The molecule has 2 rings (SSSR count). The lowest BCUT2D eigenvalue weighted by atomic mass is 10.3. The van der Waals surface area contributed by atoms with E-state index in [4.69, 9.17) is 16.9 Å². The number of pyridine rings is 1. The normalized spacial score (nSPS) is 11.0. The van der Waals surface area contributed by atoms with Crippen LogP contribution in [0.5, 0.6) is 0 Å². The molecule has 0 aliphatic carbocycles. The van der Waals surface area contributed by atoms with Crippen LogP contribution >= 0.6 is 22.9 Å². The summed E-state index contributed by atoms with van der Waals surface area (Å²) in [6.45, 7) is 1.73. The number of halogens is 1. The highest BCUT2D eigenvalue weighted by atomic mass is 35.5. The zero-order chi connectivity index (χ0) is 14.0. The molecule has 0 unspecified atom stereocenters. The van der Waals surface area contributed by atoms with E-state index in [2.05, 4.69) is 9.71 Å². The molecule has 0 aliphatic rings. The van der Waals surface area contributed by atoms with Crippen molar-refractivity contribution in [3.63, 3.8) is 0 Å². The molecule has 0 fully saturated rings. The smallest absolute Gasteiger partial charge is 0.271 e. The first kappa shape index (κ1) is 13.8. The van der Waals surface area contributed by atoms with E-state index in [1.54, 1.807) is 13.0 Å². The van der Waals surface area contributed by atoms with Gasteiger partial charge in [-0.2, -0.15) is 5.26 Å². The first-order valence-electron chi connectivity index (χ1n) is 5.07. The van der Waals surface area contributed by atoms with E-state index >= 15 is 0 Å². The van der Waals surface area contributed by atoms with Crippen molar-refractivity contribution in [2.24, 2.45) is 0 Å². The van der Waals surface area contributed by atoms with Crippen molar-refractivity contribution in [1.82, 2.24) is 4.98 Å². The zero-order valence-corrected chi connectivity index (χ0v) is 12.1. The molecule has 5 nitrogen and oxygen atoms in total. The van der Waals surface area contributed by atoms with E-state index < -0.39 is 10.0 Å². The van der Waals surface area contributed by atoms with Gasteiger partial charge in [0.05, 0.1) is 11.9 Å². The number of aryl methyl sites for hydroxylation is 1. The van der Waals surface area contributed by atoms with Gasteiger partial charge in [0.25, 0.3) is 10.0 Å². The summed E-state index contributed by atoms with van der Waals surface area (Å²) in [5.74, 6) is 0. The molecule has 0 saturated carbocycles. The number of thiophene rings is 1. The van der Waals surface area contributed by atoms with Gasteiger partial charge in [-0.1, -0.05) is 11.6 Å². The van der Waals surface area contributed by atoms with Crippen LogP contribution in [0.4, 0.5) is 5.69 Å². The number of nitrogens with zero attached hydrogens (tertiary/aromatic N) is 2. The van der Waals surface area contributed by atoms with Gasteiger partial charge >= 0.3 is 0 Å². The Labute approximate surface area is 119 Å². The number of aromatic nitrogens is 1. The maximum Gasteiger partial charge on any atom is 0.271 e. The minimum Gasteiger partial charge on any atom is -0.277 e. The predicted molar refractivity (Wildman–Crippen MR) is 73.8 cm³/mol. The Morgan fingerprint density at radius 2 is 2.21 bits per heavy atom. The molecule has 0 saturated heterocycles. The molecule has 8 heteroatoms. The van der Waals surface area contributed by atoms with E-state index in [1.807, 2.05) is 6.07 Å². The summed E-state index contributed by atoms with van der Waals surface area (Å²) in [5.41, 5.74) is 1.000. The van der Waals surface area contributed by atoms with Crippen LogP contribution in [0.3, 0.4) is 0 Å². The van der Waals surface area contributed by atoms with Crippen LogP contribution in [0.1, 0.15) is 10.4 Å². The summed E-state index contributed by atoms with van der Waals surface area (Å²) in [4.78, 5) is 4.21. The number of hydrogen-bond donors (Lipinski definition) is 1.